The molecule has 23 heavy (non-hydrogen) atoms. The van der Waals surface area contributed by atoms with Crippen molar-refractivity contribution in [1.29, 1.82) is 0 Å². The lowest BCUT2D eigenvalue weighted by molar-refractivity contribution is -0.145. The van der Waals surface area contributed by atoms with E-state index in [9.17, 15) is 14.7 Å². The van der Waals surface area contributed by atoms with E-state index in [2.05, 4.69) is 0 Å². The number of rotatable bonds is 6. The van der Waals surface area contributed by atoms with E-state index in [0.717, 1.165) is 5.56 Å². The second kappa shape index (κ2) is 7.99. The number of hydrogen-bond acceptors (Lipinski definition) is 3. The summed E-state index contributed by atoms with van der Waals surface area (Å²) in [6.45, 7) is 9.26. The van der Waals surface area contributed by atoms with Crippen LogP contribution in [-0.2, 0) is 16.1 Å². The number of nitrogens with zero attached hydrogens (tertiary/aromatic N) is 1. The molecule has 0 aromatic heterocycles. The van der Waals surface area contributed by atoms with Gasteiger partial charge in [-0.05, 0) is 32.3 Å². The zero-order valence-corrected chi connectivity index (χ0v) is 14.6. The maximum Gasteiger partial charge on any atom is 0.411 e. The van der Waals surface area contributed by atoms with Crippen molar-refractivity contribution in [3.8, 4) is 0 Å². The summed E-state index contributed by atoms with van der Waals surface area (Å²) in [6.07, 6.45) is 0.0551. The first-order chi connectivity index (χ1) is 10.7. The van der Waals surface area contributed by atoms with Crippen LogP contribution in [0, 0.1) is 5.92 Å². The van der Waals surface area contributed by atoms with E-state index >= 15 is 0 Å². The van der Waals surface area contributed by atoms with Crippen LogP contribution >= 0.6 is 0 Å². The second-order valence-corrected chi connectivity index (χ2v) is 6.76. The van der Waals surface area contributed by atoms with Gasteiger partial charge in [-0.15, -0.1) is 0 Å². The molecule has 5 nitrogen and oxygen atoms in total. The number of carbonyl (C=O) groups excluding carboxylic acids is 1. The largest absolute Gasteiger partial charge is 0.480 e. The highest BCUT2D eigenvalue weighted by atomic mass is 16.6. The van der Waals surface area contributed by atoms with Crippen molar-refractivity contribution >= 4 is 12.1 Å². The number of carboxylic acids is 1. The van der Waals surface area contributed by atoms with Crippen LogP contribution in [0.15, 0.2) is 30.3 Å². The minimum absolute atomic E-state index is 0.177. The smallest absolute Gasteiger partial charge is 0.411 e. The first-order valence-corrected chi connectivity index (χ1v) is 7.92. The van der Waals surface area contributed by atoms with Crippen LogP contribution in [0.3, 0.4) is 0 Å². The SMILES string of the molecule is CCC(C)[C@H](C(=O)O)N(Cc1ccccc1)C(=O)OC(C)(C)C. The van der Waals surface area contributed by atoms with Gasteiger partial charge >= 0.3 is 12.1 Å². The van der Waals surface area contributed by atoms with Crippen LogP contribution in [0.5, 0.6) is 0 Å². The molecule has 0 aliphatic heterocycles. The molecule has 2 atom stereocenters. The van der Waals surface area contributed by atoms with Crippen molar-refractivity contribution in [2.75, 3.05) is 0 Å². The molecule has 0 aliphatic rings. The van der Waals surface area contributed by atoms with Crippen LogP contribution in [-0.4, -0.2) is 33.7 Å². The van der Waals surface area contributed by atoms with Crippen molar-refractivity contribution in [3.63, 3.8) is 0 Å². The zero-order valence-electron chi connectivity index (χ0n) is 14.6. The van der Waals surface area contributed by atoms with Gasteiger partial charge in [-0.25, -0.2) is 9.59 Å². The molecule has 0 spiro atoms. The fourth-order valence-corrected chi connectivity index (χ4v) is 2.28. The highest BCUT2D eigenvalue weighted by Crippen LogP contribution is 2.21. The molecule has 0 saturated heterocycles. The maximum atomic E-state index is 12.6. The Hall–Kier alpha value is -2.04. The third kappa shape index (κ3) is 5.93. The highest BCUT2D eigenvalue weighted by Gasteiger charge is 2.36. The Kier molecular flexibility index (Phi) is 6.61. The molecular weight excluding hydrogens is 294 g/mol. The number of carbonyl (C=O) groups is 2. The fraction of sp³-hybridized carbons (Fsp3) is 0.556. The third-order valence-electron chi connectivity index (χ3n) is 3.60. The predicted octanol–water partition coefficient (Wildman–Crippen LogP) is 3.92. The monoisotopic (exact) mass is 321 g/mol. The molecule has 1 rings (SSSR count). The molecule has 1 unspecified atom stereocenters. The lowest BCUT2D eigenvalue weighted by Crippen LogP contribution is -2.49. The average molecular weight is 321 g/mol. The van der Waals surface area contributed by atoms with Gasteiger partial charge in [-0.2, -0.15) is 0 Å². The zero-order chi connectivity index (χ0) is 17.6. The van der Waals surface area contributed by atoms with Crippen LogP contribution in [0.25, 0.3) is 0 Å². The maximum absolute atomic E-state index is 12.6. The van der Waals surface area contributed by atoms with Gasteiger partial charge in [0.15, 0.2) is 0 Å². The minimum atomic E-state index is -1.01. The summed E-state index contributed by atoms with van der Waals surface area (Å²) in [4.78, 5) is 25.6. The molecule has 1 amide bonds. The number of carboxylic acid groups (broad SMARTS) is 1. The first-order valence-electron chi connectivity index (χ1n) is 7.92. The molecule has 1 N–H and O–H groups in total. The molecule has 0 aliphatic carbocycles. The molecule has 0 heterocycles. The summed E-state index contributed by atoms with van der Waals surface area (Å²) in [5.74, 6) is -1.19. The van der Waals surface area contributed by atoms with Gasteiger partial charge in [0, 0.05) is 6.54 Å². The number of ether oxygens (including phenoxy) is 1. The van der Waals surface area contributed by atoms with Gasteiger partial charge in [0.2, 0.25) is 0 Å². The molecule has 1 aromatic carbocycles. The van der Waals surface area contributed by atoms with E-state index in [1.165, 1.54) is 4.90 Å². The Bertz CT molecular complexity index is 522. The van der Waals surface area contributed by atoms with Crippen molar-refractivity contribution in [1.82, 2.24) is 4.90 Å². The highest BCUT2D eigenvalue weighted by molar-refractivity contribution is 5.80. The van der Waals surface area contributed by atoms with E-state index in [1.807, 2.05) is 44.2 Å². The topological polar surface area (TPSA) is 66.8 Å². The summed E-state index contributed by atoms with van der Waals surface area (Å²) < 4.78 is 5.42. The Morgan fingerprint density at radius 2 is 1.78 bits per heavy atom. The van der Waals surface area contributed by atoms with Crippen LogP contribution in [0.4, 0.5) is 4.79 Å². The van der Waals surface area contributed by atoms with E-state index in [0.29, 0.717) is 6.42 Å². The van der Waals surface area contributed by atoms with Gasteiger partial charge in [0.05, 0.1) is 0 Å². The second-order valence-electron chi connectivity index (χ2n) is 6.76. The average Bonchev–Trinajstić information content (AvgIpc) is 2.45. The van der Waals surface area contributed by atoms with Crippen molar-refractivity contribution in [2.45, 2.75) is 59.2 Å². The Labute approximate surface area is 138 Å². The number of hydrogen-bond donors (Lipinski definition) is 1. The van der Waals surface area contributed by atoms with Gasteiger partial charge in [0.1, 0.15) is 11.6 Å². The molecule has 128 valence electrons. The fourth-order valence-electron chi connectivity index (χ4n) is 2.28. The minimum Gasteiger partial charge on any atom is -0.480 e. The standard InChI is InChI=1S/C18H27NO4/c1-6-13(2)15(16(20)21)19(17(22)23-18(3,4)5)12-14-10-8-7-9-11-14/h7-11,13,15H,6,12H2,1-5H3,(H,20,21)/t13?,15-/m1/s1. The Morgan fingerprint density at radius 1 is 1.22 bits per heavy atom. The molecule has 5 heteroatoms. The Morgan fingerprint density at radius 3 is 2.22 bits per heavy atom. The van der Waals surface area contributed by atoms with E-state index < -0.39 is 23.7 Å². The quantitative estimate of drug-likeness (QED) is 0.862. The normalized spacial score (nSPS) is 14.0. The Balaban J connectivity index is 3.13. The van der Waals surface area contributed by atoms with Crippen LogP contribution in [0.2, 0.25) is 0 Å². The molecular formula is C18H27NO4. The molecule has 0 fully saturated rings. The van der Waals surface area contributed by atoms with E-state index in [1.54, 1.807) is 20.8 Å². The lowest BCUT2D eigenvalue weighted by atomic mass is 9.97. The summed E-state index contributed by atoms with van der Waals surface area (Å²) in [7, 11) is 0. The molecule has 0 bridgehead atoms. The predicted molar refractivity (Wildman–Crippen MR) is 89.1 cm³/mol. The number of amides is 1. The van der Waals surface area contributed by atoms with Crippen molar-refractivity contribution in [3.05, 3.63) is 35.9 Å². The summed E-state index contributed by atoms with van der Waals surface area (Å²) in [5, 5.41) is 9.62. The summed E-state index contributed by atoms with van der Waals surface area (Å²) >= 11 is 0. The van der Waals surface area contributed by atoms with Crippen LogP contribution in [0.1, 0.15) is 46.6 Å². The van der Waals surface area contributed by atoms with Gasteiger partial charge in [-0.3, -0.25) is 4.90 Å². The number of aliphatic carboxylic acids is 1. The van der Waals surface area contributed by atoms with Crippen molar-refractivity contribution in [2.24, 2.45) is 5.92 Å². The van der Waals surface area contributed by atoms with E-state index in [-0.39, 0.29) is 12.5 Å². The van der Waals surface area contributed by atoms with Crippen LogP contribution < -0.4 is 0 Å². The molecule has 1 aromatic rings. The number of benzene rings is 1. The molecule has 0 radical (unpaired) electrons. The van der Waals surface area contributed by atoms with Gasteiger partial charge in [0.25, 0.3) is 0 Å². The molecule has 0 saturated carbocycles. The van der Waals surface area contributed by atoms with Crippen molar-refractivity contribution < 1.29 is 19.4 Å². The van der Waals surface area contributed by atoms with E-state index in [4.69, 9.17) is 4.74 Å². The van der Waals surface area contributed by atoms with Gasteiger partial charge < -0.3 is 9.84 Å². The third-order valence-corrected chi connectivity index (χ3v) is 3.60. The first kappa shape index (κ1) is 19.0. The lowest BCUT2D eigenvalue weighted by Gasteiger charge is -2.34. The van der Waals surface area contributed by atoms with Gasteiger partial charge in [-0.1, -0.05) is 50.6 Å². The summed E-state index contributed by atoms with van der Waals surface area (Å²) in [5.41, 5.74) is 0.192. The summed E-state index contributed by atoms with van der Waals surface area (Å²) in [6, 6.07) is 8.42.